The van der Waals surface area contributed by atoms with E-state index in [0.717, 1.165) is 17.4 Å². The quantitative estimate of drug-likeness (QED) is 0.618. The number of amides is 1. The second-order valence-corrected chi connectivity index (χ2v) is 7.05. The van der Waals surface area contributed by atoms with Crippen LogP contribution in [0.5, 0.6) is 5.19 Å². The molecule has 4 rings (SSSR count). The number of para-hydroxylation sites is 1. The minimum absolute atomic E-state index is 0.0224. The van der Waals surface area contributed by atoms with Crippen molar-refractivity contribution in [2.45, 2.75) is 12.3 Å². The van der Waals surface area contributed by atoms with Crippen molar-refractivity contribution >= 4 is 27.5 Å². The van der Waals surface area contributed by atoms with Crippen molar-refractivity contribution in [3.63, 3.8) is 0 Å². The van der Waals surface area contributed by atoms with Crippen LogP contribution >= 0.6 is 11.3 Å². The zero-order valence-electron chi connectivity index (χ0n) is 13.7. The van der Waals surface area contributed by atoms with Crippen LogP contribution in [-0.4, -0.2) is 35.0 Å². The van der Waals surface area contributed by atoms with Crippen LogP contribution in [-0.2, 0) is 6.18 Å². The summed E-state index contributed by atoms with van der Waals surface area (Å²) >= 11 is 1.02. The maximum absolute atomic E-state index is 13.7. The Balaban J connectivity index is 1.45. The predicted molar refractivity (Wildman–Crippen MR) is 91.3 cm³/mol. The topological polar surface area (TPSA) is 42.4 Å². The van der Waals surface area contributed by atoms with Crippen LogP contribution in [0.3, 0.4) is 0 Å². The third-order valence-corrected chi connectivity index (χ3v) is 5.12. The van der Waals surface area contributed by atoms with Gasteiger partial charge in [-0.25, -0.2) is 9.37 Å². The molecule has 0 unspecified atom stereocenters. The van der Waals surface area contributed by atoms with E-state index in [-0.39, 0.29) is 29.4 Å². The van der Waals surface area contributed by atoms with Gasteiger partial charge in [-0.3, -0.25) is 4.79 Å². The molecule has 0 aliphatic carbocycles. The molecule has 0 bridgehead atoms. The van der Waals surface area contributed by atoms with Gasteiger partial charge in [-0.15, -0.1) is 0 Å². The standard InChI is InChI=1S/C18H12F4N2O2S/c19-13-6-2-1-4-11(13)16(25)24-8-10(9-24)26-17-23-15-12(18(20,21)22)5-3-7-14(15)27-17/h1-7,10H,8-9H2. The molecule has 9 heteroatoms. The zero-order chi connectivity index (χ0) is 19.2. The summed E-state index contributed by atoms with van der Waals surface area (Å²) in [5, 5.41) is 0.115. The average Bonchev–Trinajstić information content (AvgIpc) is 2.99. The largest absolute Gasteiger partial charge is 0.463 e. The number of benzene rings is 2. The molecule has 4 nitrogen and oxygen atoms in total. The van der Waals surface area contributed by atoms with E-state index in [1.165, 1.54) is 29.2 Å². The SMILES string of the molecule is O=C(c1ccccc1F)N1CC(Oc2nc3c(C(F)(F)F)cccc3s2)C1. The first-order chi connectivity index (χ1) is 12.8. The summed E-state index contributed by atoms with van der Waals surface area (Å²) in [5.74, 6) is -1.05. The lowest BCUT2D eigenvalue weighted by Crippen LogP contribution is -2.56. The Morgan fingerprint density at radius 2 is 1.89 bits per heavy atom. The summed E-state index contributed by atoms with van der Waals surface area (Å²) in [6.07, 6.45) is -4.89. The van der Waals surface area contributed by atoms with Gasteiger partial charge >= 0.3 is 6.18 Å². The van der Waals surface area contributed by atoms with Crippen LogP contribution in [0, 0.1) is 5.82 Å². The number of rotatable bonds is 3. The van der Waals surface area contributed by atoms with E-state index < -0.39 is 29.6 Å². The first-order valence-corrected chi connectivity index (χ1v) is 8.82. The summed E-state index contributed by atoms with van der Waals surface area (Å²) < 4.78 is 58.8. The van der Waals surface area contributed by atoms with Gasteiger partial charge in [0.05, 0.1) is 34.4 Å². The normalized spacial score (nSPS) is 15.0. The fourth-order valence-electron chi connectivity index (χ4n) is 2.83. The van der Waals surface area contributed by atoms with Gasteiger partial charge in [0.15, 0.2) is 0 Å². The van der Waals surface area contributed by atoms with E-state index >= 15 is 0 Å². The van der Waals surface area contributed by atoms with Gasteiger partial charge in [-0.05, 0) is 24.3 Å². The maximum atomic E-state index is 13.7. The lowest BCUT2D eigenvalue weighted by Gasteiger charge is -2.38. The predicted octanol–water partition coefficient (Wildman–Crippen LogP) is 4.36. The van der Waals surface area contributed by atoms with E-state index in [4.69, 9.17) is 4.74 Å². The molecular weight excluding hydrogens is 384 g/mol. The van der Waals surface area contributed by atoms with Gasteiger partial charge in [0.25, 0.3) is 11.1 Å². The molecule has 2 aromatic carbocycles. The van der Waals surface area contributed by atoms with Crippen molar-refractivity contribution in [2.75, 3.05) is 13.1 Å². The van der Waals surface area contributed by atoms with Gasteiger partial charge in [-0.1, -0.05) is 29.5 Å². The van der Waals surface area contributed by atoms with Crippen LogP contribution < -0.4 is 4.74 Å². The first-order valence-electron chi connectivity index (χ1n) is 8.00. The summed E-state index contributed by atoms with van der Waals surface area (Å²) in [6, 6.07) is 9.53. The Morgan fingerprint density at radius 3 is 2.59 bits per heavy atom. The average molecular weight is 396 g/mol. The third-order valence-electron chi connectivity index (χ3n) is 4.21. The summed E-state index contributed by atoms with van der Waals surface area (Å²) in [6.45, 7) is 0.435. The monoisotopic (exact) mass is 396 g/mol. The number of carbonyl (C=O) groups is 1. The van der Waals surface area contributed by atoms with Crippen LogP contribution in [0.15, 0.2) is 42.5 Å². The Bertz CT molecular complexity index is 1010. The number of ether oxygens (including phenoxy) is 1. The molecule has 1 saturated heterocycles. The van der Waals surface area contributed by atoms with Crippen molar-refractivity contribution < 1.29 is 27.1 Å². The number of carbonyl (C=O) groups excluding carboxylic acids is 1. The highest BCUT2D eigenvalue weighted by Gasteiger charge is 2.36. The summed E-state index contributed by atoms with van der Waals surface area (Å²) in [4.78, 5) is 17.6. The number of alkyl halides is 3. The summed E-state index contributed by atoms with van der Waals surface area (Å²) in [5.41, 5.74) is -0.981. The lowest BCUT2D eigenvalue weighted by atomic mass is 10.1. The third kappa shape index (κ3) is 3.34. The number of halogens is 4. The van der Waals surface area contributed by atoms with E-state index in [0.29, 0.717) is 4.70 Å². The highest BCUT2D eigenvalue weighted by molar-refractivity contribution is 7.20. The Labute approximate surface area is 155 Å². The van der Waals surface area contributed by atoms with Crippen molar-refractivity contribution in [3.05, 3.63) is 59.4 Å². The minimum atomic E-state index is -4.50. The molecule has 0 atom stereocenters. The van der Waals surface area contributed by atoms with Gasteiger partial charge in [0.2, 0.25) is 0 Å². The molecule has 0 radical (unpaired) electrons. The van der Waals surface area contributed by atoms with Gasteiger partial charge in [0.1, 0.15) is 11.9 Å². The first kappa shape index (κ1) is 17.7. The highest BCUT2D eigenvalue weighted by Crippen LogP contribution is 2.38. The molecule has 27 heavy (non-hydrogen) atoms. The molecule has 1 fully saturated rings. The fraction of sp³-hybridized carbons (Fsp3) is 0.222. The van der Waals surface area contributed by atoms with Crippen molar-refractivity contribution in [2.24, 2.45) is 0 Å². The minimum Gasteiger partial charge on any atom is -0.463 e. The molecule has 1 aliphatic heterocycles. The fourth-order valence-corrected chi connectivity index (χ4v) is 3.74. The van der Waals surface area contributed by atoms with Crippen LogP contribution in [0.4, 0.5) is 17.6 Å². The van der Waals surface area contributed by atoms with Crippen molar-refractivity contribution in [1.29, 1.82) is 0 Å². The van der Waals surface area contributed by atoms with Gasteiger partial charge < -0.3 is 9.64 Å². The number of thiazole rings is 1. The molecule has 0 saturated carbocycles. The summed E-state index contributed by atoms with van der Waals surface area (Å²) in [7, 11) is 0. The maximum Gasteiger partial charge on any atom is 0.418 e. The number of hydrogen-bond donors (Lipinski definition) is 0. The molecule has 140 valence electrons. The smallest absolute Gasteiger partial charge is 0.418 e. The number of fused-ring (bicyclic) bond motifs is 1. The van der Waals surface area contributed by atoms with Crippen LogP contribution in [0.1, 0.15) is 15.9 Å². The second-order valence-electron chi connectivity index (χ2n) is 6.06. The van der Waals surface area contributed by atoms with Crippen molar-refractivity contribution in [1.82, 2.24) is 9.88 Å². The molecule has 0 N–H and O–H groups in total. The van der Waals surface area contributed by atoms with Crippen LogP contribution in [0.25, 0.3) is 10.2 Å². The number of hydrogen-bond acceptors (Lipinski definition) is 4. The molecule has 1 amide bonds. The molecular formula is C18H12F4N2O2S. The van der Waals surface area contributed by atoms with Crippen LogP contribution in [0.2, 0.25) is 0 Å². The Kier molecular flexibility index (Phi) is 4.26. The van der Waals surface area contributed by atoms with E-state index in [1.54, 1.807) is 12.1 Å². The lowest BCUT2D eigenvalue weighted by molar-refractivity contribution is -0.136. The molecule has 2 heterocycles. The van der Waals surface area contributed by atoms with E-state index in [9.17, 15) is 22.4 Å². The second kappa shape index (κ2) is 6.49. The van der Waals surface area contributed by atoms with Crippen molar-refractivity contribution in [3.8, 4) is 5.19 Å². The van der Waals surface area contributed by atoms with Gasteiger partial charge in [0, 0.05) is 0 Å². The van der Waals surface area contributed by atoms with Gasteiger partial charge in [-0.2, -0.15) is 13.2 Å². The van der Waals surface area contributed by atoms with E-state index in [1.807, 2.05) is 0 Å². The molecule has 1 aliphatic rings. The molecule has 3 aromatic rings. The number of nitrogens with zero attached hydrogens (tertiary/aromatic N) is 2. The Morgan fingerprint density at radius 1 is 1.15 bits per heavy atom. The van der Waals surface area contributed by atoms with E-state index in [2.05, 4.69) is 4.98 Å². The number of aromatic nitrogens is 1. The molecule has 0 spiro atoms. The number of likely N-dealkylation sites (tertiary alicyclic amines) is 1. The zero-order valence-corrected chi connectivity index (χ0v) is 14.5. The highest BCUT2D eigenvalue weighted by atomic mass is 32.1. The molecule has 1 aromatic heterocycles. The Hall–Kier alpha value is -2.68.